The fraction of sp³-hybridized carbons (Fsp3) is 0.250. The van der Waals surface area contributed by atoms with Gasteiger partial charge >= 0.3 is 0 Å². The van der Waals surface area contributed by atoms with Crippen LogP contribution in [0.1, 0.15) is 29.1 Å². The highest BCUT2D eigenvalue weighted by Gasteiger charge is 2.17. The van der Waals surface area contributed by atoms with Crippen molar-refractivity contribution < 1.29 is 4.79 Å². The molecule has 0 radical (unpaired) electrons. The lowest BCUT2D eigenvalue weighted by atomic mass is 10.2. The van der Waals surface area contributed by atoms with Gasteiger partial charge in [-0.1, -0.05) is 15.9 Å². The fourth-order valence-electron chi connectivity index (χ4n) is 1.70. The second-order valence-corrected chi connectivity index (χ2v) is 5.89. The summed E-state index contributed by atoms with van der Waals surface area (Å²) in [6.07, 6.45) is 1.60. The Morgan fingerprint density at radius 1 is 1.42 bits per heavy atom. The van der Waals surface area contributed by atoms with Gasteiger partial charge in [0.05, 0.1) is 11.6 Å². The molecule has 100 valence electrons. The minimum absolute atomic E-state index is 0.158. The molecule has 1 unspecified atom stereocenters. The Hall–Kier alpha value is -1.21. The quantitative estimate of drug-likeness (QED) is 0.880. The highest BCUT2D eigenvalue weighted by molar-refractivity contribution is 9.11. The SMILES string of the molecule is CC(NC(=O)c1ccc(Br)cc1Br)c1nncn1C. The smallest absolute Gasteiger partial charge is 0.253 e. The topological polar surface area (TPSA) is 59.8 Å². The zero-order valence-corrected chi connectivity index (χ0v) is 13.6. The molecule has 0 aliphatic carbocycles. The standard InChI is InChI=1S/C12H12Br2N4O/c1-7(11-17-15-6-18(11)2)16-12(19)9-4-3-8(13)5-10(9)14/h3-7H,1-2H3,(H,16,19). The summed E-state index contributed by atoms with van der Waals surface area (Å²) < 4.78 is 3.43. The number of nitrogens with zero attached hydrogens (tertiary/aromatic N) is 3. The van der Waals surface area contributed by atoms with Crippen LogP contribution in [0.15, 0.2) is 33.5 Å². The van der Waals surface area contributed by atoms with Crippen LogP contribution in [-0.4, -0.2) is 20.7 Å². The van der Waals surface area contributed by atoms with Crippen LogP contribution in [0.3, 0.4) is 0 Å². The zero-order chi connectivity index (χ0) is 14.0. The first-order valence-corrected chi connectivity index (χ1v) is 7.17. The third-order valence-corrected chi connectivity index (χ3v) is 3.81. The monoisotopic (exact) mass is 386 g/mol. The minimum atomic E-state index is -0.212. The summed E-state index contributed by atoms with van der Waals surface area (Å²) in [7, 11) is 1.84. The van der Waals surface area contributed by atoms with Crippen molar-refractivity contribution in [3.05, 3.63) is 44.9 Å². The zero-order valence-electron chi connectivity index (χ0n) is 10.4. The maximum atomic E-state index is 12.2. The van der Waals surface area contributed by atoms with Crippen molar-refractivity contribution in [3.8, 4) is 0 Å². The van der Waals surface area contributed by atoms with Crippen LogP contribution < -0.4 is 5.32 Å². The van der Waals surface area contributed by atoms with E-state index in [2.05, 4.69) is 47.4 Å². The van der Waals surface area contributed by atoms with Crippen LogP contribution in [0.4, 0.5) is 0 Å². The maximum Gasteiger partial charge on any atom is 0.253 e. The van der Waals surface area contributed by atoms with E-state index in [1.165, 1.54) is 0 Å². The summed E-state index contributed by atoms with van der Waals surface area (Å²) in [6, 6.07) is 5.21. The van der Waals surface area contributed by atoms with Gasteiger partial charge in [0.25, 0.3) is 5.91 Å². The van der Waals surface area contributed by atoms with Crippen LogP contribution in [0.2, 0.25) is 0 Å². The van der Waals surface area contributed by atoms with Crippen LogP contribution in [-0.2, 0) is 7.05 Å². The molecule has 1 aromatic heterocycles. The largest absolute Gasteiger partial charge is 0.342 e. The first-order valence-electron chi connectivity index (χ1n) is 5.59. The van der Waals surface area contributed by atoms with E-state index in [-0.39, 0.29) is 11.9 Å². The molecular formula is C12H12Br2N4O. The molecule has 1 aromatic carbocycles. The van der Waals surface area contributed by atoms with Crippen molar-refractivity contribution in [2.45, 2.75) is 13.0 Å². The van der Waals surface area contributed by atoms with Gasteiger partial charge in [0.2, 0.25) is 0 Å². The van der Waals surface area contributed by atoms with Gasteiger partial charge in [0.15, 0.2) is 5.82 Å². The van der Waals surface area contributed by atoms with E-state index in [0.29, 0.717) is 11.4 Å². The Labute approximate surface area is 127 Å². The molecule has 2 aromatic rings. The number of hydrogen-bond donors (Lipinski definition) is 1. The van der Waals surface area contributed by atoms with Crippen LogP contribution in [0, 0.1) is 0 Å². The number of halogens is 2. The number of amides is 1. The number of aromatic nitrogens is 3. The molecule has 0 fully saturated rings. The summed E-state index contributed by atoms with van der Waals surface area (Å²) in [5, 5.41) is 10.7. The van der Waals surface area contributed by atoms with Crippen molar-refractivity contribution in [1.82, 2.24) is 20.1 Å². The van der Waals surface area contributed by atoms with Gasteiger partial charge in [-0.05, 0) is 41.1 Å². The van der Waals surface area contributed by atoms with E-state index in [4.69, 9.17) is 0 Å². The first kappa shape index (κ1) is 14.2. The van der Waals surface area contributed by atoms with Gasteiger partial charge in [-0.25, -0.2) is 0 Å². The summed E-state index contributed by atoms with van der Waals surface area (Å²) in [5.41, 5.74) is 0.581. The van der Waals surface area contributed by atoms with Gasteiger partial charge in [-0.15, -0.1) is 10.2 Å². The van der Waals surface area contributed by atoms with Crippen LogP contribution >= 0.6 is 31.9 Å². The lowest BCUT2D eigenvalue weighted by Crippen LogP contribution is -2.28. The third kappa shape index (κ3) is 3.22. The molecule has 1 amide bonds. The van der Waals surface area contributed by atoms with E-state index < -0.39 is 0 Å². The highest BCUT2D eigenvalue weighted by Crippen LogP contribution is 2.22. The normalized spacial score (nSPS) is 12.2. The number of benzene rings is 1. The van der Waals surface area contributed by atoms with Gasteiger partial charge in [0, 0.05) is 16.0 Å². The van der Waals surface area contributed by atoms with Crippen LogP contribution in [0.5, 0.6) is 0 Å². The molecule has 0 spiro atoms. The number of carbonyl (C=O) groups is 1. The minimum Gasteiger partial charge on any atom is -0.342 e. The van der Waals surface area contributed by atoms with E-state index >= 15 is 0 Å². The number of hydrogen-bond acceptors (Lipinski definition) is 3. The van der Waals surface area contributed by atoms with E-state index in [9.17, 15) is 4.79 Å². The summed E-state index contributed by atoms with van der Waals surface area (Å²) >= 11 is 6.73. The van der Waals surface area contributed by atoms with Crippen molar-refractivity contribution in [3.63, 3.8) is 0 Å². The molecule has 0 saturated carbocycles. The molecule has 1 atom stereocenters. The molecule has 0 saturated heterocycles. The number of carbonyl (C=O) groups excluding carboxylic acids is 1. The summed E-state index contributed by atoms with van der Waals surface area (Å²) in [4.78, 5) is 12.2. The molecule has 1 N–H and O–H groups in total. The van der Waals surface area contributed by atoms with Gasteiger partial charge in [0.1, 0.15) is 6.33 Å². The second kappa shape index (κ2) is 5.83. The Kier molecular flexibility index (Phi) is 4.36. The molecule has 2 rings (SSSR count). The van der Waals surface area contributed by atoms with Crippen molar-refractivity contribution in [1.29, 1.82) is 0 Å². The number of rotatable bonds is 3. The van der Waals surface area contributed by atoms with E-state index in [1.54, 1.807) is 17.0 Å². The number of aryl methyl sites for hydroxylation is 1. The Bertz CT molecular complexity index is 612. The molecule has 0 bridgehead atoms. The second-order valence-electron chi connectivity index (χ2n) is 4.12. The average molecular weight is 388 g/mol. The molecule has 0 aliphatic heterocycles. The van der Waals surface area contributed by atoms with Crippen molar-refractivity contribution in [2.75, 3.05) is 0 Å². The first-order chi connectivity index (χ1) is 8.99. The Morgan fingerprint density at radius 2 is 2.16 bits per heavy atom. The van der Waals surface area contributed by atoms with E-state index in [1.807, 2.05) is 26.1 Å². The summed E-state index contributed by atoms with van der Waals surface area (Å²) in [6.45, 7) is 1.87. The molecule has 1 heterocycles. The molecular weight excluding hydrogens is 376 g/mol. The Morgan fingerprint density at radius 3 is 2.74 bits per heavy atom. The predicted octanol–water partition coefficient (Wildman–Crippen LogP) is 2.83. The molecule has 5 nitrogen and oxygen atoms in total. The lowest BCUT2D eigenvalue weighted by molar-refractivity contribution is 0.0937. The molecule has 0 aliphatic rings. The van der Waals surface area contributed by atoms with Crippen molar-refractivity contribution in [2.24, 2.45) is 7.05 Å². The van der Waals surface area contributed by atoms with E-state index in [0.717, 1.165) is 8.95 Å². The molecule has 7 heteroatoms. The highest BCUT2D eigenvalue weighted by atomic mass is 79.9. The Balaban J connectivity index is 2.15. The van der Waals surface area contributed by atoms with Gasteiger partial charge in [-0.2, -0.15) is 0 Å². The maximum absolute atomic E-state index is 12.2. The molecule has 19 heavy (non-hydrogen) atoms. The van der Waals surface area contributed by atoms with Crippen molar-refractivity contribution >= 4 is 37.8 Å². The lowest BCUT2D eigenvalue weighted by Gasteiger charge is -2.13. The fourth-order valence-corrected chi connectivity index (χ4v) is 2.92. The predicted molar refractivity (Wildman–Crippen MR) is 78.7 cm³/mol. The van der Waals surface area contributed by atoms with Gasteiger partial charge in [-0.3, -0.25) is 4.79 Å². The number of nitrogens with one attached hydrogen (secondary N) is 1. The average Bonchev–Trinajstić information content (AvgIpc) is 2.75. The van der Waals surface area contributed by atoms with Crippen LogP contribution in [0.25, 0.3) is 0 Å². The van der Waals surface area contributed by atoms with Gasteiger partial charge < -0.3 is 9.88 Å². The third-order valence-electron chi connectivity index (χ3n) is 2.66. The summed E-state index contributed by atoms with van der Waals surface area (Å²) in [5.74, 6) is 0.552.